The van der Waals surface area contributed by atoms with E-state index in [0.29, 0.717) is 23.2 Å². The zero-order valence-corrected chi connectivity index (χ0v) is 11.8. The number of para-hydroxylation sites is 1. The third-order valence-corrected chi connectivity index (χ3v) is 4.21. The van der Waals surface area contributed by atoms with Gasteiger partial charge in [-0.2, -0.15) is 5.10 Å². The first kappa shape index (κ1) is 13.7. The molecule has 2 heterocycles. The van der Waals surface area contributed by atoms with Crippen molar-refractivity contribution in [2.45, 2.75) is 12.3 Å². The third kappa shape index (κ3) is 3.26. The maximum absolute atomic E-state index is 12.0. The van der Waals surface area contributed by atoms with Crippen molar-refractivity contribution in [3.63, 3.8) is 0 Å². The minimum Gasteiger partial charge on any atom is -0.356 e. The molecule has 0 saturated heterocycles. The highest BCUT2D eigenvalue weighted by Gasteiger charge is 2.16. The highest BCUT2D eigenvalue weighted by atomic mass is 32.2. The molecule has 2 aromatic heterocycles. The molecule has 0 aliphatic heterocycles. The smallest absolute Gasteiger partial charge is 0.217 e. The second kappa shape index (κ2) is 5.62. The van der Waals surface area contributed by atoms with Gasteiger partial charge in [-0.15, -0.1) is 0 Å². The van der Waals surface area contributed by atoms with Crippen LogP contribution in [0.1, 0.15) is 5.69 Å². The van der Waals surface area contributed by atoms with Crippen LogP contribution in [0.2, 0.25) is 0 Å². The van der Waals surface area contributed by atoms with Gasteiger partial charge in [0.15, 0.2) is 5.58 Å². The van der Waals surface area contributed by atoms with Crippen molar-refractivity contribution in [2.24, 2.45) is 0 Å². The fourth-order valence-corrected chi connectivity index (χ4v) is 3.01. The monoisotopic (exact) mass is 307 g/mol. The first-order valence-corrected chi connectivity index (χ1v) is 7.92. The van der Waals surface area contributed by atoms with E-state index in [1.165, 1.54) is 12.7 Å². The van der Waals surface area contributed by atoms with Gasteiger partial charge in [-0.05, 0) is 12.1 Å². The SMILES string of the molecule is O=S(=O)(Cc1noc2ccccc12)NCCn1cncn1. The third-order valence-electron chi connectivity index (χ3n) is 2.91. The van der Waals surface area contributed by atoms with Gasteiger partial charge in [-0.1, -0.05) is 17.3 Å². The lowest BCUT2D eigenvalue weighted by Crippen LogP contribution is -2.28. The van der Waals surface area contributed by atoms with Crippen LogP contribution in [0, 0.1) is 0 Å². The summed E-state index contributed by atoms with van der Waals surface area (Å²) < 4.78 is 33.2. The Morgan fingerprint density at radius 3 is 2.95 bits per heavy atom. The van der Waals surface area contributed by atoms with Crippen molar-refractivity contribution in [2.75, 3.05) is 6.54 Å². The summed E-state index contributed by atoms with van der Waals surface area (Å²) in [5, 5.41) is 8.42. The lowest BCUT2D eigenvalue weighted by Gasteiger charge is -2.05. The molecule has 110 valence electrons. The van der Waals surface area contributed by atoms with E-state index >= 15 is 0 Å². The number of fused-ring (bicyclic) bond motifs is 1. The van der Waals surface area contributed by atoms with E-state index in [-0.39, 0.29) is 12.3 Å². The Morgan fingerprint density at radius 1 is 1.29 bits per heavy atom. The van der Waals surface area contributed by atoms with Gasteiger partial charge in [-0.3, -0.25) is 4.68 Å². The molecule has 0 aliphatic rings. The molecule has 3 rings (SSSR count). The van der Waals surface area contributed by atoms with Crippen LogP contribution >= 0.6 is 0 Å². The zero-order valence-electron chi connectivity index (χ0n) is 11.0. The van der Waals surface area contributed by atoms with Crippen LogP contribution in [-0.2, 0) is 22.3 Å². The van der Waals surface area contributed by atoms with Crippen LogP contribution in [0.25, 0.3) is 11.0 Å². The molecular weight excluding hydrogens is 294 g/mol. The van der Waals surface area contributed by atoms with Gasteiger partial charge in [-0.25, -0.2) is 18.1 Å². The number of rotatable bonds is 6. The van der Waals surface area contributed by atoms with E-state index in [2.05, 4.69) is 20.0 Å². The first-order chi connectivity index (χ1) is 10.1. The standard InChI is InChI=1S/C12H13N5O3S/c18-21(19,15-5-6-17-9-13-8-14-17)7-11-10-3-1-2-4-12(10)20-16-11/h1-4,8-9,15H,5-7H2. The summed E-state index contributed by atoms with van der Waals surface area (Å²) in [4.78, 5) is 3.78. The van der Waals surface area contributed by atoms with Gasteiger partial charge in [0.1, 0.15) is 24.1 Å². The maximum atomic E-state index is 12.0. The molecule has 3 aromatic rings. The number of sulfonamides is 1. The van der Waals surface area contributed by atoms with Gasteiger partial charge >= 0.3 is 0 Å². The average Bonchev–Trinajstić information content (AvgIpc) is 3.09. The topological polar surface area (TPSA) is 103 Å². The van der Waals surface area contributed by atoms with Crippen molar-refractivity contribution in [1.29, 1.82) is 0 Å². The fourth-order valence-electron chi connectivity index (χ4n) is 1.94. The van der Waals surface area contributed by atoms with Gasteiger partial charge in [0.25, 0.3) is 0 Å². The highest BCUT2D eigenvalue weighted by molar-refractivity contribution is 7.88. The Morgan fingerprint density at radius 2 is 2.14 bits per heavy atom. The molecule has 0 fully saturated rings. The minimum atomic E-state index is -3.48. The van der Waals surface area contributed by atoms with Gasteiger partial charge in [0, 0.05) is 11.9 Å². The second-order valence-corrected chi connectivity index (χ2v) is 6.24. The lowest BCUT2D eigenvalue weighted by atomic mass is 10.2. The molecule has 21 heavy (non-hydrogen) atoms. The van der Waals surface area contributed by atoms with E-state index in [1.807, 2.05) is 12.1 Å². The summed E-state index contributed by atoms with van der Waals surface area (Å²) in [6.07, 6.45) is 2.93. The van der Waals surface area contributed by atoms with Crippen molar-refractivity contribution < 1.29 is 12.9 Å². The Bertz CT molecular complexity index is 826. The number of hydrogen-bond donors (Lipinski definition) is 1. The maximum Gasteiger partial charge on any atom is 0.217 e. The molecule has 9 heteroatoms. The molecule has 8 nitrogen and oxygen atoms in total. The molecule has 1 aromatic carbocycles. The van der Waals surface area contributed by atoms with Gasteiger partial charge < -0.3 is 4.52 Å². The molecule has 1 N–H and O–H groups in total. The summed E-state index contributed by atoms with van der Waals surface area (Å²) in [5.74, 6) is -0.221. The van der Waals surface area contributed by atoms with Crippen molar-refractivity contribution in [3.05, 3.63) is 42.6 Å². The van der Waals surface area contributed by atoms with Crippen molar-refractivity contribution in [1.82, 2.24) is 24.6 Å². The molecule has 0 saturated carbocycles. The van der Waals surface area contributed by atoms with Crippen LogP contribution in [0.5, 0.6) is 0 Å². The van der Waals surface area contributed by atoms with Crippen LogP contribution in [0.15, 0.2) is 41.4 Å². The van der Waals surface area contributed by atoms with Gasteiger partial charge in [0.05, 0.1) is 6.54 Å². The predicted molar refractivity (Wildman–Crippen MR) is 74.7 cm³/mol. The first-order valence-electron chi connectivity index (χ1n) is 6.27. The Labute approximate surface area is 120 Å². The summed E-state index contributed by atoms with van der Waals surface area (Å²) >= 11 is 0. The normalized spacial score (nSPS) is 12.0. The summed E-state index contributed by atoms with van der Waals surface area (Å²) in [6, 6.07) is 7.15. The fraction of sp³-hybridized carbons (Fsp3) is 0.250. The Balaban J connectivity index is 1.65. The molecule has 0 amide bonds. The molecule has 0 aliphatic carbocycles. The van der Waals surface area contributed by atoms with E-state index in [0.717, 1.165) is 0 Å². The number of benzene rings is 1. The Hall–Kier alpha value is -2.26. The van der Waals surface area contributed by atoms with E-state index in [9.17, 15) is 8.42 Å². The summed E-state index contributed by atoms with van der Waals surface area (Å²) in [7, 11) is -3.48. The van der Waals surface area contributed by atoms with Crippen LogP contribution in [0.3, 0.4) is 0 Å². The van der Waals surface area contributed by atoms with Crippen molar-refractivity contribution in [3.8, 4) is 0 Å². The average molecular weight is 307 g/mol. The second-order valence-electron chi connectivity index (χ2n) is 4.44. The minimum absolute atomic E-state index is 0.221. The molecule has 0 atom stereocenters. The molecular formula is C12H13N5O3S. The van der Waals surface area contributed by atoms with Crippen LogP contribution in [-0.4, -0.2) is 34.9 Å². The molecule has 0 unspecified atom stereocenters. The molecule has 0 bridgehead atoms. The van der Waals surface area contributed by atoms with Crippen LogP contribution < -0.4 is 4.72 Å². The molecule has 0 spiro atoms. The van der Waals surface area contributed by atoms with E-state index in [1.54, 1.807) is 16.8 Å². The van der Waals surface area contributed by atoms with Crippen molar-refractivity contribution >= 4 is 21.0 Å². The number of nitrogens with zero attached hydrogens (tertiary/aromatic N) is 4. The number of hydrogen-bond acceptors (Lipinski definition) is 6. The van der Waals surface area contributed by atoms with Crippen LogP contribution in [0.4, 0.5) is 0 Å². The predicted octanol–water partition coefficient (Wildman–Crippen LogP) is 0.539. The lowest BCUT2D eigenvalue weighted by molar-refractivity contribution is 0.448. The summed E-state index contributed by atoms with van der Waals surface area (Å²) in [6.45, 7) is 0.653. The Kier molecular flexibility index (Phi) is 3.67. The zero-order chi connectivity index (χ0) is 14.7. The number of aromatic nitrogens is 4. The largest absolute Gasteiger partial charge is 0.356 e. The quantitative estimate of drug-likeness (QED) is 0.713. The molecule has 0 radical (unpaired) electrons. The summed E-state index contributed by atoms with van der Waals surface area (Å²) in [5.41, 5.74) is 0.976. The van der Waals surface area contributed by atoms with E-state index in [4.69, 9.17) is 4.52 Å². The van der Waals surface area contributed by atoms with Gasteiger partial charge in [0.2, 0.25) is 10.0 Å². The highest BCUT2D eigenvalue weighted by Crippen LogP contribution is 2.19. The number of nitrogens with one attached hydrogen (secondary N) is 1. The van der Waals surface area contributed by atoms with E-state index < -0.39 is 10.0 Å².